The van der Waals surface area contributed by atoms with Crippen LogP contribution >= 0.6 is 0 Å². The van der Waals surface area contributed by atoms with Crippen LogP contribution in [0.25, 0.3) is 0 Å². The predicted molar refractivity (Wildman–Crippen MR) is 72.5 cm³/mol. The number of carbonyl (C=O) groups is 1. The molecule has 0 aliphatic carbocycles. The van der Waals surface area contributed by atoms with Crippen LogP contribution in [0, 0.1) is 0 Å². The van der Waals surface area contributed by atoms with E-state index in [0.29, 0.717) is 6.42 Å². The molecule has 0 spiro atoms. The Kier molecular flexibility index (Phi) is 6.05. The highest BCUT2D eigenvalue weighted by Crippen LogP contribution is 2.09. The van der Waals surface area contributed by atoms with Crippen LogP contribution in [0.5, 0.6) is 0 Å². The summed E-state index contributed by atoms with van der Waals surface area (Å²) in [4.78, 5) is 15.8. The van der Waals surface area contributed by atoms with Crippen LogP contribution in [0.3, 0.4) is 0 Å². The summed E-state index contributed by atoms with van der Waals surface area (Å²) in [5, 5.41) is 12.4. The molecule has 0 aromatic carbocycles. The topological polar surface area (TPSA) is 55.8 Å². The first-order valence-electron chi connectivity index (χ1n) is 6.78. The lowest BCUT2D eigenvalue weighted by molar-refractivity contribution is -0.120. The van der Waals surface area contributed by atoms with Crippen LogP contribution in [-0.4, -0.2) is 72.7 Å². The Morgan fingerprint density at radius 2 is 1.78 bits per heavy atom. The number of nitrogens with zero attached hydrogens (tertiary/aromatic N) is 2. The Balaban J connectivity index is 2.14. The zero-order chi connectivity index (χ0) is 13.6. The number of aliphatic hydroxyl groups is 1. The van der Waals surface area contributed by atoms with Gasteiger partial charge in [-0.05, 0) is 26.8 Å². The van der Waals surface area contributed by atoms with Gasteiger partial charge in [0.2, 0.25) is 5.91 Å². The first-order chi connectivity index (χ1) is 8.40. The number of nitrogens with one attached hydrogen (secondary N) is 1. The van der Waals surface area contributed by atoms with E-state index in [4.69, 9.17) is 0 Å². The number of hydrogen-bond donors (Lipinski definition) is 2. The molecule has 2 N–H and O–H groups in total. The average Bonchev–Trinajstić information content (AvgIpc) is 2.29. The van der Waals surface area contributed by atoms with Gasteiger partial charge in [0.15, 0.2) is 0 Å². The maximum atomic E-state index is 11.1. The van der Waals surface area contributed by atoms with Crippen molar-refractivity contribution in [3.8, 4) is 0 Å². The van der Waals surface area contributed by atoms with Crippen molar-refractivity contribution < 1.29 is 9.90 Å². The molecule has 5 heteroatoms. The molecule has 0 unspecified atom stereocenters. The summed E-state index contributed by atoms with van der Waals surface area (Å²) >= 11 is 0. The van der Waals surface area contributed by atoms with Crippen LogP contribution in [0.15, 0.2) is 0 Å². The molecule has 5 nitrogen and oxygen atoms in total. The minimum Gasteiger partial charge on any atom is -0.389 e. The van der Waals surface area contributed by atoms with E-state index in [2.05, 4.69) is 15.1 Å². The number of β-amino-alcohol motifs (C(OH)–C–C–N with tert-alkyl or cyclic N) is 1. The summed E-state index contributed by atoms with van der Waals surface area (Å²) in [6.07, 6.45) is 1.53. The zero-order valence-electron chi connectivity index (χ0n) is 11.9. The summed E-state index contributed by atoms with van der Waals surface area (Å²) in [6, 6.07) is 0. The van der Waals surface area contributed by atoms with E-state index in [1.807, 2.05) is 13.8 Å². The third-order valence-electron chi connectivity index (χ3n) is 3.23. The minimum atomic E-state index is -0.610. The Bertz CT molecular complexity index is 255. The van der Waals surface area contributed by atoms with E-state index in [0.717, 1.165) is 45.7 Å². The number of amides is 1. The molecule has 1 aliphatic heterocycles. The van der Waals surface area contributed by atoms with Gasteiger partial charge in [-0.2, -0.15) is 0 Å². The van der Waals surface area contributed by atoms with Gasteiger partial charge in [0.25, 0.3) is 0 Å². The molecular formula is C13H27N3O2. The van der Waals surface area contributed by atoms with Gasteiger partial charge in [-0.15, -0.1) is 0 Å². The predicted octanol–water partition coefficient (Wildman–Crippen LogP) is -0.0989. The fourth-order valence-corrected chi connectivity index (χ4v) is 2.31. The monoisotopic (exact) mass is 257 g/mol. The molecule has 0 aromatic heterocycles. The standard InChI is InChI=1S/C13H27N3O2/c1-13(2,18)11-16-9-7-15(8-10-16)6-4-5-12(17)14-3/h18H,4-11H2,1-3H3,(H,14,17). The maximum absolute atomic E-state index is 11.1. The second kappa shape index (κ2) is 7.07. The fourth-order valence-electron chi connectivity index (χ4n) is 2.31. The lowest BCUT2D eigenvalue weighted by Crippen LogP contribution is -2.50. The number of carbonyl (C=O) groups excluding carboxylic acids is 1. The van der Waals surface area contributed by atoms with Crippen LogP contribution in [0.1, 0.15) is 26.7 Å². The van der Waals surface area contributed by atoms with Gasteiger partial charge in [0.05, 0.1) is 5.60 Å². The summed E-state index contributed by atoms with van der Waals surface area (Å²) in [5.41, 5.74) is -0.610. The molecule has 1 aliphatic rings. The van der Waals surface area contributed by atoms with Crippen molar-refractivity contribution in [1.29, 1.82) is 0 Å². The summed E-state index contributed by atoms with van der Waals surface area (Å²) < 4.78 is 0. The number of rotatable bonds is 6. The van der Waals surface area contributed by atoms with Gasteiger partial charge in [-0.1, -0.05) is 0 Å². The van der Waals surface area contributed by atoms with E-state index in [-0.39, 0.29) is 5.91 Å². The van der Waals surface area contributed by atoms with Crippen molar-refractivity contribution in [1.82, 2.24) is 15.1 Å². The molecule has 1 amide bonds. The Morgan fingerprint density at radius 1 is 1.22 bits per heavy atom. The molecule has 18 heavy (non-hydrogen) atoms. The number of hydrogen-bond acceptors (Lipinski definition) is 4. The third kappa shape index (κ3) is 6.33. The molecule has 0 atom stereocenters. The number of piperazine rings is 1. The molecule has 0 saturated carbocycles. The molecule has 106 valence electrons. The van der Waals surface area contributed by atoms with E-state index in [1.54, 1.807) is 7.05 Å². The van der Waals surface area contributed by atoms with Gasteiger partial charge in [-0.3, -0.25) is 9.69 Å². The van der Waals surface area contributed by atoms with Crippen LogP contribution in [-0.2, 0) is 4.79 Å². The molecule has 1 heterocycles. The molecule has 1 fully saturated rings. The van der Waals surface area contributed by atoms with Crippen molar-refractivity contribution in [2.45, 2.75) is 32.3 Å². The quantitative estimate of drug-likeness (QED) is 0.698. The van der Waals surface area contributed by atoms with Crippen molar-refractivity contribution >= 4 is 5.91 Å². The molecule has 1 saturated heterocycles. The van der Waals surface area contributed by atoms with Crippen molar-refractivity contribution in [3.63, 3.8) is 0 Å². The highest BCUT2D eigenvalue weighted by Gasteiger charge is 2.22. The molecule has 0 aromatic rings. The average molecular weight is 257 g/mol. The Labute approximate surface area is 110 Å². The second-order valence-electron chi connectivity index (χ2n) is 5.71. The smallest absolute Gasteiger partial charge is 0.219 e. The van der Waals surface area contributed by atoms with Crippen molar-refractivity contribution in [3.05, 3.63) is 0 Å². The van der Waals surface area contributed by atoms with Crippen molar-refractivity contribution in [2.75, 3.05) is 46.3 Å². The molecule has 1 rings (SSSR count). The summed E-state index contributed by atoms with van der Waals surface area (Å²) in [6.45, 7) is 9.50. The highest BCUT2D eigenvalue weighted by atomic mass is 16.3. The van der Waals surface area contributed by atoms with E-state index in [1.165, 1.54) is 0 Å². The normalized spacial score (nSPS) is 18.9. The second-order valence-corrected chi connectivity index (χ2v) is 5.71. The van der Waals surface area contributed by atoms with Gasteiger partial charge in [0, 0.05) is 46.2 Å². The summed E-state index contributed by atoms with van der Waals surface area (Å²) in [5.74, 6) is 0.121. The van der Waals surface area contributed by atoms with Crippen LogP contribution < -0.4 is 5.32 Å². The molecular weight excluding hydrogens is 230 g/mol. The molecule has 0 radical (unpaired) electrons. The van der Waals surface area contributed by atoms with Crippen LogP contribution in [0.2, 0.25) is 0 Å². The lowest BCUT2D eigenvalue weighted by Gasteiger charge is -2.37. The lowest BCUT2D eigenvalue weighted by atomic mass is 10.1. The van der Waals surface area contributed by atoms with Crippen molar-refractivity contribution in [2.24, 2.45) is 0 Å². The Morgan fingerprint density at radius 3 is 2.28 bits per heavy atom. The van der Waals surface area contributed by atoms with Gasteiger partial charge < -0.3 is 15.3 Å². The van der Waals surface area contributed by atoms with E-state index in [9.17, 15) is 9.90 Å². The first kappa shape index (κ1) is 15.4. The largest absolute Gasteiger partial charge is 0.389 e. The SMILES string of the molecule is CNC(=O)CCCN1CCN(CC(C)(C)O)CC1. The van der Waals surface area contributed by atoms with Gasteiger partial charge in [-0.25, -0.2) is 0 Å². The minimum absolute atomic E-state index is 0.121. The zero-order valence-corrected chi connectivity index (χ0v) is 11.9. The highest BCUT2D eigenvalue weighted by molar-refractivity contribution is 5.75. The van der Waals surface area contributed by atoms with E-state index < -0.39 is 5.60 Å². The molecule has 0 bridgehead atoms. The van der Waals surface area contributed by atoms with Crippen LogP contribution in [0.4, 0.5) is 0 Å². The van der Waals surface area contributed by atoms with Gasteiger partial charge in [0.1, 0.15) is 0 Å². The first-order valence-corrected chi connectivity index (χ1v) is 6.78. The maximum Gasteiger partial charge on any atom is 0.219 e. The van der Waals surface area contributed by atoms with E-state index >= 15 is 0 Å². The fraction of sp³-hybridized carbons (Fsp3) is 0.923. The van der Waals surface area contributed by atoms with Gasteiger partial charge >= 0.3 is 0 Å². The Hall–Kier alpha value is -0.650. The third-order valence-corrected chi connectivity index (χ3v) is 3.23. The summed E-state index contributed by atoms with van der Waals surface area (Å²) in [7, 11) is 1.68.